The quantitative estimate of drug-likeness (QED) is 0.652. The van der Waals surface area contributed by atoms with E-state index in [2.05, 4.69) is 15.4 Å². The van der Waals surface area contributed by atoms with Crippen LogP contribution in [-0.2, 0) is 0 Å². The molecule has 4 rings (SSSR count). The van der Waals surface area contributed by atoms with Gasteiger partial charge in [0.25, 0.3) is 5.91 Å². The second-order valence-corrected chi connectivity index (χ2v) is 6.10. The van der Waals surface area contributed by atoms with Crippen molar-refractivity contribution in [1.82, 2.24) is 19.9 Å². The number of carbonyl (C=O) groups is 1. The van der Waals surface area contributed by atoms with Gasteiger partial charge in [0, 0.05) is 6.07 Å². The van der Waals surface area contributed by atoms with Crippen LogP contribution in [0.25, 0.3) is 5.65 Å². The van der Waals surface area contributed by atoms with Crippen LogP contribution in [0.4, 0.5) is 4.39 Å². The number of imidazole rings is 1. The molecule has 0 radical (unpaired) electrons. The maximum atomic E-state index is 13.9. The lowest BCUT2D eigenvalue weighted by atomic mass is 10.1. The summed E-state index contributed by atoms with van der Waals surface area (Å²) in [5, 5.41) is 6.96. The van der Waals surface area contributed by atoms with E-state index in [9.17, 15) is 9.18 Å². The number of halogens is 2. The van der Waals surface area contributed by atoms with E-state index >= 15 is 0 Å². The zero-order valence-corrected chi connectivity index (χ0v) is 14.5. The topological polar surface area (TPSA) is 77.8 Å². The summed E-state index contributed by atoms with van der Waals surface area (Å²) in [5.74, 6) is -0.278. The average molecular weight is 377 g/mol. The summed E-state index contributed by atoms with van der Waals surface area (Å²) in [5.41, 5.74) is 1.16. The van der Waals surface area contributed by atoms with Crippen molar-refractivity contribution in [2.75, 3.05) is 13.2 Å². The second-order valence-electron chi connectivity index (χ2n) is 5.72. The molecule has 1 unspecified atom stereocenters. The van der Waals surface area contributed by atoms with Crippen LogP contribution in [-0.4, -0.2) is 33.7 Å². The minimum atomic E-state index is -0.630. The Kier molecular flexibility index (Phi) is 4.12. The molecule has 2 bridgehead atoms. The number of hydrogen-bond acceptors (Lipinski definition) is 5. The van der Waals surface area contributed by atoms with Crippen molar-refractivity contribution in [1.29, 1.82) is 0 Å². The minimum absolute atomic E-state index is 0.0710. The molecule has 2 aromatic heterocycles. The lowest BCUT2D eigenvalue weighted by molar-refractivity contribution is 0.0940. The average Bonchev–Trinajstić information content (AvgIpc) is 3.04. The molecule has 1 aliphatic heterocycles. The Hall–Kier alpha value is -2.87. The number of ether oxygens (including phenoxy) is 2. The van der Waals surface area contributed by atoms with Gasteiger partial charge in [-0.2, -0.15) is 0 Å². The Morgan fingerprint density at radius 3 is 3.04 bits per heavy atom. The van der Waals surface area contributed by atoms with Crippen molar-refractivity contribution in [2.24, 2.45) is 0 Å². The molecule has 1 aliphatic rings. The zero-order chi connectivity index (χ0) is 18.3. The SMILES string of the molecule is CC1Oc2ccc3ncc(n3n2)C(=O)NCCOc2ccc(F)c(Cl)c21. The summed E-state index contributed by atoms with van der Waals surface area (Å²) in [6.07, 6.45) is 0.807. The van der Waals surface area contributed by atoms with Crippen LogP contribution in [0.2, 0.25) is 5.02 Å². The third kappa shape index (κ3) is 2.82. The predicted molar refractivity (Wildman–Crippen MR) is 91.3 cm³/mol. The number of nitrogens with zero attached hydrogens (tertiary/aromatic N) is 3. The molecule has 3 heterocycles. The second kappa shape index (κ2) is 6.45. The van der Waals surface area contributed by atoms with Crippen molar-refractivity contribution in [3.8, 4) is 11.6 Å². The molecule has 9 heteroatoms. The molecule has 3 aromatic rings. The molecule has 26 heavy (non-hydrogen) atoms. The van der Waals surface area contributed by atoms with Crippen molar-refractivity contribution in [3.63, 3.8) is 0 Å². The molecular weight excluding hydrogens is 363 g/mol. The highest BCUT2D eigenvalue weighted by molar-refractivity contribution is 6.31. The lowest BCUT2D eigenvalue weighted by Gasteiger charge is -2.19. The first-order chi connectivity index (χ1) is 12.5. The van der Waals surface area contributed by atoms with E-state index in [-0.39, 0.29) is 35.7 Å². The number of hydrogen-bond donors (Lipinski definition) is 1. The molecule has 1 atom stereocenters. The van der Waals surface area contributed by atoms with E-state index in [4.69, 9.17) is 21.1 Å². The van der Waals surface area contributed by atoms with E-state index < -0.39 is 11.9 Å². The van der Waals surface area contributed by atoms with Crippen LogP contribution in [0.5, 0.6) is 11.6 Å². The highest BCUT2D eigenvalue weighted by Gasteiger charge is 2.22. The van der Waals surface area contributed by atoms with Crippen molar-refractivity contribution in [2.45, 2.75) is 13.0 Å². The van der Waals surface area contributed by atoms with Crippen LogP contribution in [0, 0.1) is 5.82 Å². The lowest BCUT2D eigenvalue weighted by Crippen LogP contribution is -2.29. The monoisotopic (exact) mass is 376 g/mol. The minimum Gasteiger partial charge on any atom is -0.491 e. The number of aromatic nitrogens is 3. The van der Waals surface area contributed by atoms with Gasteiger partial charge < -0.3 is 14.8 Å². The zero-order valence-electron chi connectivity index (χ0n) is 13.7. The van der Waals surface area contributed by atoms with Crippen molar-refractivity contribution < 1.29 is 18.7 Å². The third-order valence-electron chi connectivity index (χ3n) is 4.01. The molecule has 134 valence electrons. The van der Waals surface area contributed by atoms with Crippen LogP contribution in [0.1, 0.15) is 29.1 Å². The van der Waals surface area contributed by atoms with Crippen molar-refractivity contribution in [3.05, 3.63) is 52.6 Å². The van der Waals surface area contributed by atoms with Gasteiger partial charge in [0.1, 0.15) is 24.3 Å². The van der Waals surface area contributed by atoms with E-state index in [1.165, 1.54) is 22.8 Å². The number of nitrogens with one attached hydrogen (secondary N) is 1. The summed E-state index contributed by atoms with van der Waals surface area (Å²) in [6, 6.07) is 6.01. The fourth-order valence-corrected chi connectivity index (χ4v) is 3.09. The summed E-state index contributed by atoms with van der Waals surface area (Å²) >= 11 is 6.14. The first-order valence-corrected chi connectivity index (χ1v) is 8.32. The first kappa shape index (κ1) is 16.6. The largest absolute Gasteiger partial charge is 0.491 e. The number of fused-ring (bicyclic) bond motifs is 2. The van der Waals surface area contributed by atoms with E-state index in [1.54, 1.807) is 19.1 Å². The molecule has 0 saturated carbocycles. The van der Waals surface area contributed by atoms with Gasteiger partial charge in [-0.05, 0) is 25.1 Å². The van der Waals surface area contributed by atoms with Gasteiger partial charge >= 0.3 is 0 Å². The molecule has 1 amide bonds. The molecule has 1 N–H and O–H groups in total. The summed E-state index contributed by atoms with van der Waals surface area (Å²) in [4.78, 5) is 16.5. The van der Waals surface area contributed by atoms with Gasteiger partial charge in [0.2, 0.25) is 5.88 Å². The third-order valence-corrected chi connectivity index (χ3v) is 4.40. The van der Waals surface area contributed by atoms with Gasteiger partial charge in [-0.1, -0.05) is 11.6 Å². The molecule has 0 saturated heterocycles. The van der Waals surface area contributed by atoms with Gasteiger partial charge in [-0.25, -0.2) is 13.9 Å². The van der Waals surface area contributed by atoms with Crippen LogP contribution >= 0.6 is 11.6 Å². The smallest absolute Gasteiger partial charge is 0.271 e. The number of rotatable bonds is 0. The van der Waals surface area contributed by atoms with Gasteiger partial charge in [0.15, 0.2) is 11.3 Å². The summed E-state index contributed by atoms with van der Waals surface area (Å²) in [6.45, 7) is 2.15. The number of benzene rings is 1. The molecular formula is C17H14ClFN4O3. The molecule has 0 spiro atoms. The standard InChI is InChI=1S/C17H14ClFN4O3/c1-9-15-12(3-2-10(19)16(15)18)25-7-6-20-17(24)11-8-21-13-4-5-14(26-9)22-23(11)13/h2-5,8-9H,6-7H2,1H3,(H,20,24). The van der Waals surface area contributed by atoms with Crippen LogP contribution < -0.4 is 14.8 Å². The van der Waals surface area contributed by atoms with Gasteiger partial charge in [-0.3, -0.25) is 4.79 Å². The molecule has 0 fully saturated rings. The van der Waals surface area contributed by atoms with E-state index in [0.717, 1.165) is 0 Å². The Bertz CT molecular complexity index is 1010. The highest BCUT2D eigenvalue weighted by atomic mass is 35.5. The number of amides is 1. The molecule has 1 aromatic carbocycles. The Morgan fingerprint density at radius 2 is 2.19 bits per heavy atom. The summed E-state index contributed by atoms with van der Waals surface area (Å²) in [7, 11) is 0. The fourth-order valence-electron chi connectivity index (χ4n) is 2.78. The molecule has 0 aliphatic carbocycles. The maximum Gasteiger partial charge on any atom is 0.271 e. The van der Waals surface area contributed by atoms with Gasteiger partial charge in [0.05, 0.1) is 23.3 Å². The molecule has 7 nitrogen and oxygen atoms in total. The van der Waals surface area contributed by atoms with E-state index in [0.29, 0.717) is 17.0 Å². The first-order valence-electron chi connectivity index (χ1n) is 7.95. The summed E-state index contributed by atoms with van der Waals surface area (Å²) < 4.78 is 26.9. The van der Waals surface area contributed by atoms with E-state index in [1.807, 2.05) is 0 Å². The Labute approximate surface area is 152 Å². The van der Waals surface area contributed by atoms with Crippen LogP contribution in [0.15, 0.2) is 30.5 Å². The number of carbonyl (C=O) groups excluding carboxylic acids is 1. The predicted octanol–water partition coefficient (Wildman–Crippen LogP) is 2.78. The highest BCUT2D eigenvalue weighted by Crippen LogP contribution is 2.36. The maximum absolute atomic E-state index is 13.9. The van der Waals surface area contributed by atoms with Gasteiger partial charge in [-0.15, -0.1) is 5.10 Å². The van der Waals surface area contributed by atoms with Crippen LogP contribution in [0.3, 0.4) is 0 Å². The normalized spacial score (nSPS) is 17.3. The fraction of sp³-hybridized carbons (Fsp3) is 0.235. The van der Waals surface area contributed by atoms with Crippen molar-refractivity contribution >= 4 is 23.2 Å². The Balaban J connectivity index is 1.82. The Morgan fingerprint density at radius 1 is 1.35 bits per heavy atom.